The average Bonchev–Trinajstić information content (AvgIpc) is 2.88. The van der Waals surface area contributed by atoms with Crippen LogP contribution in [0, 0.1) is 29.2 Å². The first kappa shape index (κ1) is 24.8. The Kier molecular flexibility index (Phi) is 7.74. The molecule has 1 nitrogen and oxygen atoms in total. The van der Waals surface area contributed by atoms with Crippen molar-refractivity contribution in [3.63, 3.8) is 0 Å². The van der Waals surface area contributed by atoms with E-state index < -0.39 is 23.3 Å². The van der Waals surface area contributed by atoms with Gasteiger partial charge < -0.3 is 4.74 Å². The molecule has 0 aromatic heterocycles. The van der Waals surface area contributed by atoms with Gasteiger partial charge in [0.1, 0.15) is 0 Å². The Labute approximate surface area is 203 Å². The fourth-order valence-corrected chi connectivity index (χ4v) is 4.71. The summed E-state index contributed by atoms with van der Waals surface area (Å²) < 4.78 is 63.5. The zero-order valence-electron chi connectivity index (χ0n) is 19.7. The van der Waals surface area contributed by atoms with Crippen LogP contribution >= 0.6 is 0 Å². The maximum atomic E-state index is 14.8. The fourth-order valence-electron chi connectivity index (χ4n) is 4.71. The zero-order valence-corrected chi connectivity index (χ0v) is 19.7. The maximum absolute atomic E-state index is 14.8. The number of allylic oxidation sites excluding steroid dienone is 1. The number of ether oxygens (including phenoxy) is 1. The molecule has 1 aliphatic carbocycles. The number of halogens is 4. The van der Waals surface area contributed by atoms with E-state index in [0.717, 1.165) is 18.4 Å². The van der Waals surface area contributed by atoms with Crippen molar-refractivity contribution in [1.82, 2.24) is 0 Å². The molecule has 0 spiro atoms. The van der Waals surface area contributed by atoms with Crippen LogP contribution in [0.2, 0.25) is 0 Å². The van der Waals surface area contributed by atoms with E-state index in [2.05, 4.69) is 6.58 Å². The molecule has 1 aliphatic rings. The Morgan fingerprint density at radius 2 is 1.54 bits per heavy atom. The van der Waals surface area contributed by atoms with Gasteiger partial charge in [-0.05, 0) is 67.2 Å². The first-order valence-electron chi connectivity index (χ1n) is 11.9. The van der Waals surface area contributed by atoms with Crippen LogP contribution in [0.25, 0.3) is 23.3 Å². The van der Waals surface area contributed by atoms with Gasteiger partial charge in [0.2, 0.25) is 5.82 Å². The first-order chi connectivity index (χ1) is 16.9. The van der Waals surface area contributed by atoms with Gasteiger partial charge in [0, 0.05) is 11.1 Å². The lowest BCUT2D eigenvalue weighted by Gasteiger charge is -2.27. The Morgan fingerprint density at radius 1 is 0.829 bits per heavy atom. The molecule has 4 rings (SSSR count). The summed E-state index contributed by atoms with van der Waals surface area (Å²) in [4.78, 5) is 0. The quantitative estimate of drug-likeness (QED) is 0.307. The molecular weight excluding hydrogens is 452 g/mol. The Morgan fingerprint density at radius 3 is 2.20 bits per heavy atom. The third-order valence-electron chi connectivity index (χ3n) is 6.71. The molecule has 0 bridgehead atoms. The number of rotatable bonds is 7. The van der Waals surface area contributed by atoms with Crippen LogP contribution in [0.4, 0.5) is 17.6 Å². The van der Waals surface area contributed by atoms with Crippen molar-refractivity contribution >= 4 is 12.2 Å². The highest BCUT2D eigenvalue weighted by Crippen LogP contribution is 2.39. The van der Waals surface area contributed by atoms with E-state index in [0.29, 0.717) is 24.0 Å². The van der Waals surface area contributed by atoms with Crippen LogP contribution in [0.3, 0.4) is 0 Å². The summed E-state index contributed by atoms with van der Waals surface area (Å²) in [6.07, 6.45) is 8.09. The van der Waals surface area contributed by atoms with E-state index in [9.17, 15) is 17.6 Å². The number of hydrogen-bond acceptors (Lipinski definition) is 1. The first-order valence-corrected chi connectivity index (χ1v) is 11.9. The summed E-state index contributed by atoms with van der Waals surface area (Å²) in [5, 5.41) is 0. The smallest absolute Gasteiger partial charge is 0.200 e. The van der Waals surface area contributed by atoms with Crippen LogP contribution < -0.4 is 4.74 Å². The highest BCUT2D eigenvalue weighted by atomic mass is 19.2. The van der Waals surface area contributed by atoms with Gasteiger partial charge in [0.15, 0.2) is 23.2 Å². The minimum absolute atomic E-state index is 0.0700. The predicted octanol–water partition coefficient (Wildman–Crippen LogP) is 8.94. The fraction of sp³-hybridized carbons (Fsp3) is 0.267. The van der Waals surface area contributed by atoms with Gasteiger partial charge in [-0.25, -0.2) is 13.2 Å². The van der Waals surface area contributed by atoms with E-state index in [1.807, 2.05) is 6.08 Å². The summed E-state index contributed by atoms with van der Waals surface area (Å²) in [6.45, 7) is 5.68. The van der Waals surface area contributed by atoms with Crippen LogP contribution in [0.15, 0.2) is 61.2 Å². The van der Waals surface area contributed by atoms with Gasteiger partial charge in [-0.3, -0.25) is 0 Å². The predicted molar refractivity (Wildman–Crippen MR) is 133 cm³/mol. The lowest BCUT2D eigenvalue weighted by molar-refractivity contribution is 0.310. The van der Waals surface area contributed by atoms with Crippen molar-refractivity contribution in [3.05, 3.63) is 101 Å². The normalized spacial score (nSPS) is 18.1. The van der Waals surface area contributed by atoms with Gasteiger partial charge >= 0.3 is 0 Å². The molecule has 35 heavy (non-hydrogen) atoms. The standard InChI is InChI=1S/C30H28F4O/c1-3-19-5-10-21(11-6-19)24-16-15-23(27(31)28(24)32)14-9-20-7-12-22(13-8-20)25-17-18-26(35-4-2)30(34)29(25)33/h3,5-6,9-11,14-18,20,22H,1,4,7-8,12-13H2,2H3/b14-9+. The summed E-state index contributed by atoms with van der Waals surface area (Å²) in [5.74, 6) is -3.53. The van der Waals surface area contributed by atoms with Crippen molar-refractivity contribution in [2.24, 2.45) is 5.92 Å². The number of hydrogen-bond donors (Lipinski definition) is 0. The van der Waals surface area contributed by atoms with Crippen LogP contribution in [0.5, 0.6) is 5.75 Å². The Bertz CT molecular complexity index is 1220. The number of benzene rings is 3. The molecule has 0 saturated heterocycles. The van der Waals surface area contributed by atoms with Crippen molar-refractivity contribution in [2.75, 3.05) is 6.61 Å². The monoisotopic (exact) mass is 480 g/mol. The second-order valence-electron chi connectivity index (χ2n) is 8.84. The molecule has 1 fully saturated rings. The minimum Gasteiger partial charge on any atom is -0.491 e. The van der Waals surface area contributed by atoms with E-state index in [4.69, 9.17) is 4.74 Å². The summed E-state index contributed by atoms with van der Waals surface area (Å²) in [7, 11) is 0. The molecule has 0 aliphatic heterocycles. The molecule has 3 aromatic carbocycles. The summed E-state index contributed by atoms with van der Waals surface area (Å²) in [5.41, 5.74) is 2.27. The van der Waals surface area contributed by atoms with E-state index in [1.165, 1.54) is 6.07 Å². The van der Waals surface area contributed by atoms with Crippen molar-refractivity contribution < 1.29 is 22.3 Å². The highest BCUT2D eigenvalue weighted by Gasteiger charge is 2.26. The van der Waals surface area contributed by atoms with Gasteiger partial charge in [-0.2, -0.15) is 4.39 Å². The lowest BCUT2D eigenvalue weighted by Crippen LogP contribution is -2.14. The van der Waals surface area contributed by atoms with Gasteiger partial charge in [-0.1, -0.05) is 67.3 Å². The second kappa shape index (κ2) is 10.9. The molecule has 0 amide bonds. The average molecular weight is 481 g/mol. The third kappa shape index (κ3) is 5.34. The second-order valence-corrected chi connectivity index (χ2v) is 8.84. The Balaban J connectivity index is 1.42. The molecule has 5 heteroatoms. The molecule has 0 heterocycles. The third-order valence-corrected chi connectivity index (χ3v) is 6.71. The molecule has 0 atom stereocenters. The van der Waals surface area contributed by atoms with Crippen LogP contribution in [0.1, 0.15) is 55.2 Å². The lowest BCUT2D eigenvalue weighted by atomic mass is 9.78. The molecule has 1 saturated carbocycles. The van der Waals surface area contributed by atoms with Gasteiger partial charge in [0.25, 0.3) is 0 Å². The van der Waals surface area contributed by atoms with Gasteiger partial charge in [0.05, 0.1) is 6.61 Å². The minimum atomic E-state index is -0.941. The molecule has 182 valence electrons. The van der Waals surface area contributed by atoms with Crippen molar-refractivity contribution in [2.45, 2.75) is 38.5 Å². The maximum Gasteiger partial charge on any atom is 0.200 e. The van der Waals surface area contributed by atoms with Crippen LogP contribution in [-0.4, -0.2) is 6.61 Å². The SMILES string of the molecule is C=Cc1ccc(-c2ccc(/C=C/C3CCC(c4ccc(OCC)c(F)c4F)CC3)c(F)c2F)cc1. The molecular formula is C30H28F4O. The molecule has 0 unspecified atom stereocenters. The van der Waals surface area contributed by atoms with Crippen molar-refractivity contribution in [1.29, 1.82) is 0 Å². The topological polar surface area (TPSA) is 9.23 Å². The Hall–Kier alpha value is -3.34. The van der Waals surface area contributed by atoms with Crippen molar-refractivity contribution in [3.8, 4) is 16.9 Å². The van der Waals surface area contributed by atoms with E-state index >= 15 is 0 Å². The molecule has 0 radical (unpaired) electrons. The van der Waals surface area contributed by atoms with Crippen LogP contribution in [-0.2, 0) is 0 Å². The zero-order chi connectivity index (χ0) is 24.9. The van der Waals surface area contributed by atoms with E-state index in [-0.39, 0.29) is 35.3 Å². The summed E-state index contributed by atoms with van der Waals surface area (Å²) in [6, 6.07) is 13.3. The highest BCUT2D eigenvalue weighted by molar-refractivity contribution is 5.68. The molecule has 3 aromatic rings. The molecule has 0 N–H and O–H groups in total. The van der Waals surface area contributed by atoms with Gasteiger partial charge in [-0.15, -0.1) is 0 Å². The summed E-state index contributed by atoms with van der Waals surface area (Å²) >= 11 is 0. The largest absolute Gasteiger partial charge is 0.491 e. The van der Waals surface area contributed by atoms with E-state index in [1.54, 1.807) is 61.5 Å².